The Bertz CT molecular complexity index is 1190. The summed E-state index contributed by atoms with van der Waals surface area (Å²) in [5, 5.41) is 1.94. The summed E-state index contributed by atoms with van der Waals surface area (Å²) < 4.78 is 13.1. The molecule has 0 saturated carbocycles. The number of ether oxygens (including phenoxy) is 2. The van der Waals surface area contributed by atoms with E-state index in [4.69, 9.17) is 14.5 Å². The first-order valence-corrected chi connectivity index (χ1v) is 9.00. The highest BCUT2D eigenvalue weighted by Gasteiger charge is 2.11. The van der Waals surface area contributed by atoms with Gasteiger partial charge in [0.05, 0.1) is 25.3 Å². The summed E-state index contributed by atoms with van der Waals surface area (Å²) in [7, 11) is 3.33. The van der Waals surface area contributed by atoms with Gasteiger partial charge in [0.25, 0.3) is 0 Å². The lowest BCUT2D eigenvalue weighted by Crippen LogP contribution is -1.96. The third-order valence-electron chi connectivity index (χ3n) is 4.70. The highest BCUT2D eigenvalue weighted by molar-refractivity contribution is 6.06. The maximum Gasteiger partial charge on any atom is 0.230 e. The Labute approximate surface area is 163 Å². The van der Waals surface area contributed by atoms with E-state index in [1.807, 2.05) is 71.5 Å². The number of para-hydroxylation sites is 2. The number of rotatable bonds is 6. The van der Waals surface area contributed by atoms with Crippen LogP contribution in [0.2, 0.25) is 0 Å². The molecule has 0 amide bonds. The highest BCUT2D eigenvalue weighted by atomic mass is 16.5. The standard InChI is InChI=1S/C23H21N3O2/c1-4-14-26-19-10-6-5-9-18(19)25-23(26)24-15-16-12-13-20(27-2)17-8-7-11-21(28-3)22(16)17/h4-13,15H,1,14H2,2-3H3/b24-15+. The average Bonchev–Trinajstić information content (AvgIpc) is 3.09. The van der Waals surface area contributed by atoms with Gasteiger partial charge < -0.3 is 14.0 Å². The van der Waals surface area contributed by atoms with Crippen LogP contribution in [0.3, 0.4) is 0 Å². The first-order chi connectivity index (χ1) is 13.8. The Hall–Kier alpha value is -3.60. The van der Waals surface area contributed by atoms with Crippen molar-refractivity contribution in [1.82, 2.24) is 9.55 Å². The number of aromatic nitrogens is 2. The van der Waals surface area contributed by atoms with Gasteiger partial charge in [-0.1, -0.05) is 30.3 Å². The number of nitrogens with zero attached hydrogens (tertiary/aromatic N) is 3. The molecule has 0 radical (unpaired) electrons. The number of methoxy groups -OCH3 is 2. The van der Waals surface area contributed by atoms with Gasteiger partial charge >= 0.3 is 0 Å². The van der Waals surface area contributed by atoms with Gasteiger partial charge in [0.1, 0.15) is 11.5 Å². The summed E-state index contributed by atoms with van der Waals surface area (Å²) in [5.74, 6) is 2.21. The van der Waals surface area contributed by atoms with Crippen LogP contribution in [0.1, 0.15) is 5.56 Å². The number of hydrogen-bond donors (Lipinski definition) is 0. The van der Waals surface area contributed by atoms with E-state index in [1.165, 1.54) is 0 Å². The third kappa shape index (κ3) is 3.01. The lowest BCUT2D eigenvalue weighted by Gasteiger charge is -2.11. The maximum atomic E-state index is 5.58. The van der Waals surface area contributed by atoms with Crippen LogP contribution in [0.5, 0.6) is 11.5 Å². The summed E-state index contributed by atoms with van der Waals surface area (Å²) in [5.41, 5.74) is 2.88. The van der Waals surface area contributed by atoms with Crippen molar-refractivity contribution in [2.24, 2.45) is 4.99 Å². The zero-order chi connectivity index (χ0) is 19.5. The van der Waals surface area contributed by atoms with Crippen LogP contribution in [0.4, 0.5) is 5.95 Å². The molecule has 0 bridgehead atoms. The van der Waals surface area contributed by atoms with Crippen molar-refractivity contribution >= 4 is 34.0 Å². The SMILES string of the molecule is C=CCn1c(/N=C/c2ccc(OC)c3cccc(OC)c23)nc2ccccc21. The van der Waals surface area contributed by atoms with Crippen molar-refractivity contribution in [3.63, 3.8) is 0 Å². The number of aliphatic imine (C=N–C) groups is 1. The number of imidazole rings is 1. The summed E-state index contributed by atoms with van der Waals surface area (Å²) in [6, 6.07) is 17.8. The van der Waals surface area contributed by atoms with Crippen LogP contribution in [-0.4, -0.2) is 30.0 Å². The van der Waals surface area contributed by atoms with Crippen LogP contribution >= 0.6 is 0 Å². The second-order valence-corrected chi connectivity index (χ2v) is 6.30. The monoisotopic (exact) mass is 371 g/mol. The van der Waals surface area contributed by atoms with E-state index in [0.29, 0.717) is 12.5 Å². The lowest BCUT2D eigenvalue weighted by molar-refractivity contribution is 0.415. The molecule has 0 unspecified atom stereocenters. The van der Waals surface area contributed by atoms with Gasteiger partial charge in [-0.25, -0.2) is 9.98 Å². The molecule has 28 heavy (non-hydrogen) atoms. The molecule has 5 nitrogen and oxygen atoms in total. The van der Waals surface area contributed by atoms with Crippen LogP contribution in [0, 0.1) is 0 Å². The molecule has 0 aliphatic rings. The fourth-order valence-electron chi connectivity index (χ4n) is 3.43. The molecule has 0 aliphatic carbocycles. The van der Waals surface area contributed by atoms with Crippen LogP contribution in [0.25, 0.3) is 21.8 Å². The molecule has 4 aromatic rings. The predicted molar refractivity (Wildman–Crippen MR) is 114 cm³/mol. The molecular formula is C23H21N3O2. The van der Waals surface area contributed by atoms with Gasteiger partial charge in [-0.3, -0.25) is 0 Å². The molecule has 1 aromatic heterocycles. The van der Waals surface area contributed by atoms with Crippen LogP contribution in [0.15, 0.2) is 72.2 Å². The topological polar surface area (TPSA) is 48.6 Å². The second-order valence-electron chi connectivity index (χ2n) is 6.30. The number of hydrogen-bond acceptors (Lipinski definition) is 4. The van der Waals surface area contributed by atoms with Crippen molar-refractivity contribution in [2.75, 3.05) is 14.2 Å². The van der Waals surface area contributed by atoms with Gasteiger partial charge in [-0.05, 0) is 30.3 Å². The minimum atomic E-state index is 0.639. The molecule has 1 heterocycles. The molecule has 0 saturated heterocycles. The Morgan fingerprint density at radius 1 is 1.00 bits per heavy atom. The minimum Gasteiger partial charge on any atom is -0.496 e. The van der Waals surface area contributed by atoms with E-state index in [1.54, 1.807) is 14.2 Å². The van der Waals surface area contributed by atoms with Gasteiger partial charge in [-0.2, -0.15) is 0 Å². The van der Waals surface area contributed by atoms with E-state index < -0.39 is 0 Å². The molecule has 0 N–H and O–H groups in total. The van der Waals surface area contributed by atoms with Crippen molar-refractivity contribution in [3.05, 3.63) is 72.8 Å². The smallest absolute Gasteiger partial charge is 0.230 e. The fourth-order valence-corrected chi connectivity index (χ4v) is 3.43. The molecule has 3 aromatic carbocycles. The zero-order valence-corrected chi connectivity index (χ0v) is 15.9. The summed E-state index contributed by atoms with van der Waals surface area (Å²) in [6.45, 7) is 4.49. The van der Waals surface area contributed by atoms with Gasteiger partial charge in [0, 0.05) is 29.1 Å². The summed E-state index contributed by atoms with van der Waals surface area (Å²) in [6.07, 6.45) is 3.67. The quantitative estimate of drug-likeness (QED) is 0.348. The van der Waals surface area contributed by atoms with Gasteiger partial charge in [0.15, 0.2) is 0 Å². The maximum absolute atomic E-state index is 5.58. The second kappa shape index (κ2) is 7.56. The fraction of sp³-hybridized carbons (Fsp3) is 0.130. The normalized spacial score (nSPS) is 11.4. The highest BCUT2D eigenvalue weighted by Crippen LogP contribution is 2.34. The molecule has 0 aliphatic heterocycles. The summed E-state index contributed by atoms with van der Waals surface area (Å²) >= 11 is 0. The van der Waals surface area contributed by atoms with E-state index in [9.17, 15) is 0 Å². The molecule has 5 heteroatoms. The Balaban J connectivity index is 1.87. The summed E-state index contributed by atoms with van der Waals surface area (Å²) in [4.78, 5) is 9.36. The number of benzene rings is 3. The van der Waals surface area contributed by atoms with E-state index >= 15 is 0 Å². The Morgan fingerprint density at radius 2 is 1.82 bits per heavy atom. The van der Waals surface area contributed by atoms with Crippen molar-refractivity contribution < 1.29 is 9.47 Å². The molecular weight excluding hydrogens is 350 g/mol. The molecule has 140 valence electrons. The number of fused-ring (bicyclic) bond motifs is 2. The van der Waals surface area contributed by atoms with Crippen molar-refractivity contribution in [1.29, 1.82) is 0 Å². The van der Waals surface area contributed by atoms with Gasteiger partial charge in [0.2, 0.25) is 5.95 Å². The van der Waals surface area contributed by atoms with E-state index in [2.05, 4.69) is 11.6 Å². The molecule has 4 rings (SSSR count). The molecule has 0 atom stereocenters. The Morgan fingerprint density at radius 3 is 2.61 bits per heavy atom. The predicted octanol–water partition coefficient (Wildman–Crippen LogP) is 5.14. The first kappa shape index (κ1) is 17.8. The van der Waals surface area contributed by atoms with Crippen LogP contribution < -0.4 is 9.47 Å². The Kier molecular flexibility index (Phi) is 4.81. The number of allylic oxidation sites excluding steroid dienone is 1. The largest absolute Gasteiger partial charge is 0.496 e. The van der Waals surface area contributed by atoms with Crippen molar-refractivity contribution in [3.8, 4) is 11.5 Å². The van der Waals surface area contributed by atoms with Crippen molar-refractivity contribution in [2.45, 2.75) is 6.54 Å². The zero-order valence-electron chi connectivity index (χ0n) is 15.9. The molecule has 0 fully saturated rings. The van der Waals surface area contributed by atoms with Crippen LogP contribution in [-0.2, 0) is 6.54 Å². The third-order valence-corrected chi connectivity index (χ3v) is 4.70. The minimum absolute atomic E-state index is 0.639. The van der Waals surface area contributed by atoms with E-state index in [-0.39, 0.29) is 0 Å². The van der Waals surface area contributed by atoms with Gasteiger partial charge in [-0.15, -0.1) is 6.58 Å². The van der Waals surface area contributed by atoms with E-state index in [0.717, 1.165) is 38.9 Å². The average molecular weight is 371 g/mol. The lowest BCUT2D eigenvalue weighted by atomic mass is 10.0. The first-order valence-electron chi connectivity index (χ1n) is 9.00. The molecule has 0 spiro atoms.